The van der Waals surface area contributed by atoms with Gasteiger partial charge < -0.3 is 9.73 Å². The second-order valence-corrected chi connectivity index (χ2v) is 5.52. The standard InChI is InChI=1S/C18H16N2O2S/c1-2-12-7-9-14(10-8-12)19-18(23)20-17(21)16-11-13-5-3-4-6-15(13)22-16/h3-11H,2H2,1H3,(H2,19,20,21,23). The summed E-state index contributed by atoms with van der Waals surface area (Å²) in [6.07, 6.45) is 0.980. The minimum absolute atomic E-state index is 0.233. The lowest BCUT2D eigenvalue weighted by Crippen LogP contribution is -2.33. The van der Waals surface area contributed by atoms with Gasteiger partial charge in [0.25, 0.3) is 5.91 Å². The van der Waals surface area contributed by atoms with Crippen molar-refractivity contribution >= 4 is 39.9 Å². The summed E-state index contributed by atoms with van der Waals surface area (Å²) in [6.45, 7) is 2.10. The van der Waals surface area contributed by atoms with Gasteiger partial charge in [0.15, 0.2) is 10.9 Å². The Morgan fingerprint density at radius 1 is 1.13 bits per heavy atom. The van der Waals surface area contributed by atoms with Gasteiger partial charge in [-0.1, -0.05) is 37.3 Å². The quantitative estimate of drug-likeness (QED) is 0.712. The third-order valence-corrected chi connectivity index (χ3v) is 3.70. The number of aryl methyl sites for hydroxylation is 1. The molecule has 0 saturated carbocycles. The van der Waals surface area contributed by atoms with E-state index >= 15 is 0 Å². The summed E-state index contributed by atoms with van der Waals surface area (Å²) in [5.74, 6) is -0.138. The zero-order valence-electron chi connectivity index (χ0n) is 12.6. The Labute approximate surface area is 139 Å². The van der Waals surface area contributed by atoms with Crippen LogP contribution in [0, 0.1) is 0 Å². The first-order valence-corrected chi connectivity index (χ1v) is 7.76. The van der Waals surface area contributed by atoms with Gasteiger partial charge in [-0.05, 0) is 48.5 Å². The van der Waals surface area contributed by atoms with Crippen molar-refractivity contribution in [2.45, 2.75) is 13.3 Å². The topological polar surface area (TPSA) is 54.3 Å². The molecule has 2 aromatic carbocycles. The van der Waals surface area contributed by atoms with Crippen molar-refractivity contribution < 1.29 is 9.21 Å². The van der Waals surface area contributed by atoms with Gasteiger partial charge in [-0.25, -0.2) is 0 Å². The summed E-state index contributed by atoms with van der Waals surface area (Å²) in [6, 6.07) is 17.1. The fourth-order valence-electron chi connectivity index (χ4n) is 2.24. The molecule has 0 aliphatic heterocycles. The van der Waals surface area contributed by atoms with Gasteiger partial charge in [0.2, 0.25) is 0 Å². The van der Waals surface area contributed by atoms with Gasteiger partial charge in [-0.2, -0.15) is 0 Å². The number of para-hydroxylation sites is 1. The zero-order valence-corrected chi connectivity index (χ0v) is 13.4. The van der Waals surface area contributed by atoms with E-state index in [1.807, 2.05) is 48.5 Å². The molecule has 5 heteroatoms. The first-order valence-electron chi connectivity index (χ1n) is 7.35. The predicted molar refractivity (Wildman–Crippen MR) is 95.7 cm³/mol. The van der Waals surface area contributed by atoms with E-state index in [0.29, 0.717) is 5.58 Å². The van der Waals surface area contributed by atoms with E-state index in [9.17, 15) is 4.79 Å². The number of rotatable bonds is 3. The third kappa shape index (κ3) is 3.57. The van der Waals surface area contributed by atoms with Crippen molar-refractivity contribution in [1.29, 1.82) is 0 Å². The number of anilines is 1. The van der Waals surface area contributed by atoms with Crippen LogP contribution in [-0.2, 0) is 6.42 Å². The molecule has 4 nitrogen and oxygen atoms in total. The van der Waals surface area contributed by atoms with Crippen LogP contribution in [0.4, 0.5) is 5.69 Å². The number of hydrogen-bond acceptors (Lipinski definition) is 3. The second-order valence-electron chi connectivity index (χ2n) is 5.11. The van der Waals surface area contributed by atoms with E-state index in [0.717, 1.165) is 17.5 Å². The Bertz CT molecular complexity index is 820. The molecule has 116 valence electrons. The van der Waals surface area contributed by atoms with Crippen molar-refractivity contribution in [3.05, 3.63) is 65.9 Å². The van der Waals surface area contributed by atoms with E-state index in [2.05, 4.69) is 17.6 Å². The minimum atomic E-state index is -0.371. The number of amides is 1. The molecule has 0 aliphatic rings. The number of furan rings is 1. The average Bonchev–Trinajstić information content (AvgIpc) is 2.99. The van der Waals surface area contributed by atoms with E-state index in [4.69, 9.17) is 16.6 Å². The SMILES string of the molecule is CCc1ccc(NC(=S)NC(=O)c2cc3ccccc3o2)cc1. The Hall–Kier alpha value is -2.66. The van der Waals surface area contributed by atoms with Gasteiger partial charge >= 0.3 is 0 Å². The molecule has 1 amide bonds. The van der Waals surface area contributed by atoms with Crippen molar-refractivity contribution in [3.63, 3.8) is 0 Å². The van der Waals surface area contributed by atoms with E-state index in [-0.39, 0.29) is 16.8 Å². The Kier molecular flexibility index (Phi) is 4.39. The molecule has 0 bridgehead atoms. The van der Waals surface area contributed by atoms with E-state index in [1.165, 1.54) is 5.56 Å². The lowest BCUT2D eigenvalue weighted by atomic mass is 10.1. The number of carbonyl (C=O) groups is 1. The van der Waals surface area contributed by atoms with Crippen LogP contribution >= 0.6 is 12.2 Å². The highest BCUT2D eigenvalue weighted by molar-refractivity contribution is 7.80. The van der Waals surface area contributed by atoms with Crippen LogP contribution in [0.2, 0.25) is 0 Å². The maximum absolute atomic E-state index is 12.2. The van der Waals surface area contributed by atoms with Gasteiger partial charge in [0.05, 0.1) is 0 Å². The molecule has 0 saturated heterocycles. The molecule has 0 spiro atoms. The number of fused-ring (bicyclic) bond motifs is 1. The molecule has 0 unspecified atom stereocenters. The molecule has 2 N–H and O–H groups in total. The fraction of sp³-hybridized carbons (Fsp3) is 0.111. The maximum Gasteiger partial charge on any atom is 0.293 e. The van der Waals surface area contributed by atoms with Crippen molar-refractivity contribution in [2.75, 3.05) is 5.32 Å². The van der Waals surface area contributed by atoms with Gasteiger partial charge in [0.1, 0.15) is 5.58 Å². The number of nitrogens with one attached hydrogen (secondary N) is 2. The number of benzene rings is 2. The summed E-state index contributed by atoms with van der Waals surface area (Å²) in [7, 11) is 0. The molecular formula is C18H16N2O2S. The largest absolute Gasteiger partial charge is 0.451 e. The van der Waals surface area contributed by atoms with E-state index < -0.39 is 0 Å². The number of thiocarbonyl (C=S) groups is 1. The summed E-state index contributed by atoms with van der Waals surface area (Å²) in [5.41, 5.74) is 2.75. The van der Waals surface area contributed by atoms with Crippen LogP contribution in [-0.4, -0.2) is 11.0 Å². The normalized spacial score (nSPS) is 10.5. The summed E-state index contributed by atoms with van der Waals surface area (Å²) >= 11 is 5.17. The Balaban J connectivity index is 1.65. The van der Waals surface area contributed by atoms with E-state index in [1.54, 1.807) is 6.07 Å². The highest BCUT2D eigenvalue weighted by atomic mass is 32.1. The molecule has 1 aromatic heterocycles. The monoisotopic (exact) mass is 324 g/mol. The first-order chi connectivity index (χ1) is 11.2. The van der Waals surface area contributed by atoms with Crippen LogP contribution in [0.3, 0.4) is 0 Å². The van der Waals surface area contributed by atoms with Crippen LogP contribution in [0.1, 0.15) is 23.0 Å². The van der Waals surface area contributed by atoms with Gasteiger partial charge in [0, 0.05) is 11.1 Å². The van der Waals surface area contributed by atoms with Gasteiger partial charge in [-0.15, -0.1) is 0 Å². The zero-order chi connectivity index (χ0) is 16.2. The molecule has 1 heterocycles. The van der Waals surface area contributed by atoms with Crippen molar-refractivity contribution in [3.8, 4) is 0 Å². The van der Waals surface area contributed by atoms with Crippen LogP contribution < -0.4 is 10.6 Å². The molecule has 3 rings (SSSR count). The Morgan fingerprint density at radius 3 is 2.57 bits per heavy atom. The average molecular weight is 324 g/mol. The highest BCUT2D eigenvalue weighted by Crippen LogP contribution is 2.18. The molecule has 0 radical (unpaired) electrons. The van der Waals surface area contributed by atoms with Crippen LogP contribution in [0.15, 0.2) is 59.0 Å². The predicted octanol–water partition coefficient (Wildman–Crippen LogP) is 4.12. The summed E-state index contributed by atoms with van der Waals surface area (Å²) in [4.78, 5) is 12.2. The first kappa shape index (κ1) is 15.2. The lowest BCUT2D eigenvalue weighted by molar-refractivity contribution is 0.0953. The van der Waals surface area contributed by atoms with Crippen molar-refractivity contribution in [2.24, 2.45) is 0 Å². The molecule has 0 fully saturated rings. The number of carbonyl (C=O) groups excluding carboxylic acids is 1. The molecule has 3 aromatic rings. The number of hydrogen-bond donors (Lipinski definition) is 2. The fourth-order valence-corrected chi connectivity index (χ4v) is 2.46. The summed E-state index contributed by atoms with van der Waals surface area (Å²) in [5, 5.41) is 6.72. The Morgan fingerprint density at radius 2 is 1.87 bits per heavy atom. The highest BCUT2D eigenvalue weighted by Gasteiger charge is 2.13. The lowest BCUT2D eigenvalue weighted by Gasteiger charge is -2.09. The van der Waals surface area contributed by atoms with Crippen molar-refractivity contribution in [1.82, 2.24) is 5.32 Å². The maximum atomic E-state index is 12.2. The minimum Gasteiger partial charge on any atom is -0.451 e. The second kappa shape index (κ2) is 6.62. The van der Waals surface area contributed by atoms with Crippen LogP contribution in [0.5, 0.6) is 0 Å². The van der Waals surface area contributed by atoms with Gasteiger partial charge in [-0.3, -0.25) is 10.1 Å². The molecule has 0 aliphatic carbocycles. The molecule has 0 atom stereocenters. The summed E-state index contributed by atoms with van der Waals surface area (Å²) < 4.78 is 5.51. The molecular weight excluding hydrogens is 308 g/mol. The van der Waals surface area contributed by atoms with Crippen LogP contribution in [0.25, 0.3) is 11.0 Å². The third-order valence-electron chi connectivity index (χ3n) is 3.50. The molecule has 23 heavy (non-hydrogen) atoms. The smallest absolute Gasteiger partial charge is 0.293 e.